The number of nitrogens with zero attached hydrogens (tertiary/aromatic N) is 1. The first kappa shape index (κ1) is 9.34. The van der Waals surface area contributed by atoms with Crippen LogP contribution < -0.4 is 0 Å². The van der Waals surface area contributed by atoms with Crippen molar-refractivity contribution < 1.29 is 4.79 Å². The minimum absolute atomic E-state index is 0.724. The average molecular weight is 205 g/mol. The summed E-state index contributed by atoms with van der Waals surface area (Å²) in [6, 6.07) is 8.06. The molecule has 2 nitrogen and oxygen atoms in total. The fraction of sp³-hybridized carbons (Fsp3) is 0.182. The third-order valence-electron chi connectivity index (χ3n) is 2.42. The predicted molar refractivity (Wildman–Crippen MR) is 60.1 cm³/mol. The van der Waals surface area contributed by atoms with Crippen molar-refractivity contribution in [2.75, 3.05) is 6.26 Å². The van der Waals surface area contributed by atoms with E-state index in [1.54, 1.807) is 11.8 Å². The van der Waals surface area contributed by atoms with Gasteiger partial charge in [0.25, 0.3) is 0 Å². The summed E-state index contributed by atoms with van der Waals surface area (Å²) in [4.78, 5) is 12.0. The van der Waals surface area contributed by atoms with E-state index in [1.165, 1.54) is 4.90 Å². The molecule has 0 saturated carbocycles. The van der Waals surface area contributed by atoms with Crippen molar-refractivity contribution in [1.82, 2.24) is 4.57 Å². The van der Waals surface area contributed by atoms with E-state index in [0.717, 1.165) is 22.9 Å². The van der Waals surface area contributed by atoms with E-state index < -0.39 is 0 Å². The van der Waals surface area contributed by atoms with E-state index in [9.17, 15) is 4.79 Å². The minimum atomic E-state index is 0.724. The van der Waals surface area contributed by atoms with E-state index in [4.69, 9.17) is 0 Å². The Morgan fingerprint density at radius 1 is 1.43 bits per heavy atom. The number of benzene rings is 1. The van der Waals surface area contributed by atoms with Crippen molar-refractivity contribution in [3.05, 3.63) is 30.0 Å². The Labute approximate surface area is 86.9 Å². The van der Waals surface area contributed by atoms with Gasteiger partial charge >= 0.3 is 0 Å². The molecule has 0 aliphatic heterocycles. The van der Waals surface area contributed by atoms with Crippen LogP contribution in [0.25, 0.3) is 10.9 Å². The fourth-order valence-corrected chi connectivity index (χ4v) is 2.24. The molecular formula is C11H11NOS. The standard InChI is InChI=1S/C11H11NOS/c1-12-8(7-13)6-9-10(12)4-3-5-11(9)14-2/h3-7H,1-2H3. The van der Waals surface area contributed by atoms with Crippen LogP contribution in [-0.2, 0) is 7.05 Å². The molecule has 0 atom stereocenters. The van der Waals surface area contributed by atoms with Crippen LogP contribution in [0.5, 0.6) is 0 Å². The maximum absolute atomic E-state index is 10.8. The summed E-state index contributed by atoms with van der Waals surface area (Å²) in [7, 11) is 1.91. The first-order valence-corrected chi connectivity index (χ1v) is 5.58. The maximum Gasteiger partial charge on any atom is 0.166 e. The monoisotopic (exact) mass is 205 g/mol. The number of thioether (sulfide) groups is 1. The number of carbonyl (C=O) groups excluding carboxylic acids is 1. The van der Waals surface area contributed by atoms with E-state index in [2.05, 4.69) is 6.07 Å². The van der Waals surface area contributed by atoms with Crippen LogP contribution in [-0.4, -0.2) is 17.1 Å². The van der Waals surface area contributed by atoms with Crippen LogP contribution in [0.4, 0.5) is 0 Å². The largest absolute Gasteiger partial charge is 0.341 e. The molecule has 0 aliphatic carbocycles. The Morgan fingerprint density at radius 3 is 2.86 bits per heavy atom. The zero-order valence-electron chi connectivity index (χ0n) is 8.15. The Kier molecular flexibility index (Phi) is 2.33. The van der Waals surface area contributed by atoms with Crippen molar-refractivity contribution >= 4 is 29.0 Å². The highest BCUT2D eigenvalue weighted by atomic mass is 32.2. The van der Waals surface area contributed by atoms with E-state index in [0.29, 0.717) is 0 Å². The van der Waals surface area contributed by atoms with Crippen LogP contribution in [0.3, 0.4) is 0 Å². The van der Waals surface area contributed by atoms with Gasteiger partial charge in [-0.1, -0.05) is 6.07 Å². The smallest absolute Gasteiger partial charge is 0.166 e. The molecule has 72 valence electrons. The van der Waals surface area contributed by atoms with Gasteiger partial charge in [0.05, 0.1) is 5.69 Å². The first-order chi connectivity index (χ1) is 6.77. The summed E-state index contributed by atoms with van der Waals surface area (Å²) in [6.45, 7) is 0. The quantitative estimate of drug-likeness (QED) is 0.555. The van der Waals surface area contributed by atoms with Gasteiger partial charge in [-0.15, -0.1) is 11.8 Å². The van der Waals surface area contributed by atoms with Crippen LogP contribution in [0.15, 0.2) is 29.2 Å². The average Bonchev–Trinajstić information content (AvgIpc) is 2.55. The SMILES string of the molecule is CSc1cccc2c1cc(C=O)n2C. The van der Waals surface area contributed by atoms with Gasteiger partial charge in [0.1, 0.15) is 0 Å². The molecule has 2 rings (SSSR count). The van der Waals surface area contributed by atoms with Crippen molar-refractivity contribution in [2.24, 2.45) is 7.05 Å². The number of aromatic nitrogens is 1. The molecule has 0 bridgehead atoms. The molecule has 0 aliphatic rings. The molecule has 1 heterocycles. The second-order valence-electron chi connectivity index (χ2n) is 3.14. The van der Waals surface area contributed by atoms with Gasteiger partial charge in [-0.2, -0.15) is 0 Å². The van der Waals surface area contributed by atoms with Gasteiger partial charge in [0.2, 0.25) is 0 Å². The zero-order chi connectivity index (χ0) is 10.1. The second-order valence-corrected chi connectivity index (χ2v) is 3.99. The third-order valence-corrected chi connectivity index (χ3v) is 3.22. The van der Waals surface area contributed by atoms with Crippen LogP contribution in [0, 0.1) is 0 Å². The van der Waals surface area contributed by atoms with E-state index in [1.807, 2.05) is 36.1 Å². The van der Waals surface area contributed by atoms with Crippen LogP contribution in [0.1, 0.15) is 10.5 Å². The van der Waals surface area contributed by atoms with Gasteiger partial charge in [0, 0.05) is 22.8 Å². The molecule has 1 aromatic heterocycles. The van der Waals surface area contributed by atoms with Gasteiger partial charge in [-0.05, 0) is 24.5 Å². The highest BCUT2D eigenvalue weighted by Gasteiger charge is 2.07. The van der Waals surface area contributed by atoms with Gasteiger partial charge in [0.15, 0.2) is 6.29 Å². The number of aldehydes is 1. The molecule has 2 aromatic rings. The van der Waals surface area contributed by atoms with Crippen molar-refractivity contribution in [2.45, 2.75) is 4.90 Å². The molecule has 0 fully saturated rings. The zero-order valence-corrected chi connectivity index (χ0v) is 8.97. The summed E-state index contributed by atoms with van der Waals surface area (Å²) in [5, 5.41) is 1.16. The summed E-state index contributed by atoms with van der Waals surface area (Å²) < 4.78 is 1.92. The van der Waals surface area contributed by atoms with Crippen LogP contribution >= 0.6 is 11.8 Å². The molecule has 0 saturated heterocycles. The molecule has 0 N–H and O–H groups in total. The Balaban J connectivity index is 2.83. The highest BCUT2D eigenvalue weighted by molar-refractivity contribution is 7.98. The molecule has 0 radical (unpaired) electrons. The molecule has 0 unspecified atom stereocenters. The number of hydrogen-bond acceptors (Lipinski definition) is 2. The summed E-state index contributed by atoms with van der Waals surface area (Å²) >= 11 is 1.70. The highest BCUT2D eigenvalue weighted by Crippen LogP contribution is 2.27. The van der Waals surface area contributed by atoms with Gasteiger partial charge < -0.3 is 4.57 Å². The number of fused-ring (bicyclic) bond motifs is 1. The number of aryl methyl sites for hydroxylation is 1. The lowest BCUT2D eigenvalue weighted by Crippen LogP contribution is -1.92. The van der Waals surface area contributed by atoms with Gasteiger partial charge in [-0.25, -0.2) is 0 Å². The topological polar surface area (TPSA) is 22.0 Å². The predicted octanol–water partition coefficient (Wildman–Crippen LogP) is 2.71. The van der Waals surface area contributed by atoms with E-state index >= 15 is 0 Å². The lowest BCUT2D eigenvalue weighted by molar-refractivity contribution is 0.111. The van der Waals surface area contributed by atoms with Crippen molar-refractivity contribution in [3.8, 4) is 0 Å². The summed E-state index contributed by atoms with van der Waals surface area (Å²) in [5.41, 5.74) is 1.83. The Hall–Kier alpha value is -1.22. The van der Waals surface area contributed by atoms with Crippen molar-refractivity contribution in [1.29, 1.82) is 0 Å². The first-order valence-electron chi connectivity index (χ1n) is 4.35. The Bertz CT molecular complexity index is 487. The normalized spacial score (nSPS) is 10.7. The minimum Gasteiger partial charge on any atom is -0.341 e. The summed E-state index contributed by atoms with van der Waals surface area (Å²) in [6.07, 6.45) is 2.94. The maximum atomic E-state index is 10.8. The lowest BCUT2D eigenvalue weighted by Gasteiger charge is -2.00. The van der Waals surface area contributed by atoms with Crippen LogP contribution in [0.2, 0.25) is 0 Å². The molecular weight excluding hydrogens is 194 g/mol. The van der Waals surface area contributed by atoms with Gasteiger partial charge in [-0.3, -0.25) is 4.79 Å². The fourth-order valence-electron chi connectivity index (χ4n) is 1.64. The van der Waals surface area contributed by atoms with E-state index in [-0.39, 0.29) is 0 Å². The number of rotatable bonds is 2. The second kappa shape index (κ2) is 3.50. The number of carbonyl (C=O) groups is 1. The van der Waals surface area contributed by atoms with Crippen molar-refractivity contribution in [3.63, 3.8) is 0 Å². The lowest BCUT2D eigenvalue weighted by atomic mass is 10.2. The Morgan fingerprint density at radius 2 is 2.21 bits per heavy atom. The molecule has 0 spiro atoms. The molecule has 0 amide bonds. The molecule has 3 heteroatoms. The number of hydrogen-bond donors (Lipinski definition) is 0. The molecule has 14 heavy (non-hydrogen) atoms. The third kappa shape index (κ3) is 1.24. The summed E-state index contributed by atoms with van der Waals surface area (Å²) in [5.74, 6) is 0. The molecule has 1 aromatic carbocycles.